The van der Waals surface area contributed by atoms with Crippen molar-refractivity contribution in [2.24, 2.45) is 5.73 Å². The van der Waals surface area contributed by atoms with E-state index in [1.165, 1.54) is 0 Å². The number of carbonyl (C=O) groups is 1. The van der Waals surface area contributed by atoms with Gasteiger partial charge in [-0.25, -0.2) is 9.48 Å². The molecule has 0 aliphatic carbocycles. The van der Waals surface area contributed by atoms with Gasteiger partial charge in [-0.1, -0.05) is 6.92 Å². The van der Waals surface area contributed by atoms with Crippen LogP contribution < -0.4 is 5.73 Å². The Kier molecular flexibility index (Phi) is 4.75. The summed E-state index contributed by atoms with van der Waals surface area (Å²) >= 11 is 0. The maximum atomic E-state index is 11.8. The van der Waals surface area contributed by atoms with Crippen molar-refractivity contribution in [3.05, 3.63) is 46.8 Å². The average molecular weight is 287 g/mol. The van der Waals surface area contributed by atoms with Crippen LogP contribution in [0.1, 0.15) is 40.7 Å². The van der Waals surface area contributed by atoms with Gasteiger partial charge in [0.05, 0.1) is 23.6 Å². The molecule has 112 valence electrons. The maximum Gasteiger partial charge on any atom is 0.338 e. The highest BCUT2D eigenvalue weighted by molar-refractivity contribution is 5.89. The number of ether oxygens (including phenoxy) is 1. The number of aryl methyl sites for hydroxylation is 1. The number of aromatic nitrogens is 2. The Labute approximate surface area is 124 Å². The summed E-state index contributed by atoms with van der Waals surface area (Å²) in [6.45, 7) is 6.82. The molecule has 5 nitrogen and oxygen atoms in total. The second-order valence-corrected chi connectivity index (χ2v) is 4.95. The molecule has 5 heteroatoms. The summed E-state index contributed by atoms with van der Waals surface area (Å²) < 4.78 is 6.96. The molecule has 0 spiro atoms. The Morgan fingerprint density at radius 2 is 1.95 bits per heavy atom. The fraction of sp³-hybridized carbons (Fsp3) is 0.375. The van der Waals surface area contributed by atoms with Gasteiger partial charge in [0.1, 0.15) is 0 Å². The minimum Gasteiger partial charge on any atom is -0.462 e. The number of benzene rings is 1. The van der Waals surface area contributed by atoms with E-state index in [4.69, 9.17) is 10.5 Å². The third-order valence-electron chi connectivity index (χ3n) is 3.43. The maximum absolute atomic E-state index is 11.8. The first-order chi connectivity index (χ1) is 10.1. The third kappa shape index (κ3) is 3.13. The Balaban J connectivity index is 2.25. The van der Waals surface area contributed by atoms with Gasteiger partial charge < -0.3 is 10.5 Å². The molecule has 2 rings (SSSR count). The van der Waals surface area contributed by atoms with E-state index in [-0.39, 0.29) is 5.97 Å². The topological polar surface area (TPSA) is 70.1 Å². The van der Waals surface area contributed by atoms with Crippen LogP contribution in [0.3, 0.4) is 0 Å². The highest BCUT2D eigenvalue weighted by atomic mass is 16.5. The van der Waals surface area contributed by atoms with Crippen molar-refractivity contribution >= 4 is 5.97 Å². The molecule has 2 aromatic rings. The number of rotatable bonds is 5. The van der Waals surface area contributed by atoms with Gasteiger partial charge in [-0.2, -0.15) is 5.10 Å². The van der Waals surface area contributed by atoms with E-state index in [1.807, 2.05) is 37.6 Å². The largest absolute Gasteiger partial charge is 0.462 e. The lowest BCUT2D eigenvalue weighted by molar-refractivity contribution is 0.0505. The van der Waals surface area contributed by atoms with Crippen molar-refractivity contribution in [1.82, 2.24) is 9.78 Å². The predicted octanol–water partition coefficient (Wildman–Crippen LogP) is 2.51. The van der Waals surface area contributed by atoms with Crippen LogP contribution in [0, 0.1) is 13.8 Å². The summed E-state index contributed by atoms with van der Waals surface area (Å²) in [5.41, 5.74) is 10.2. The van der Waals surface area contributed by atoms with Gasteiger partial charge in [0.25, 0.3) is 0 Å². The average Bonchev–Trinajstić information content (AvgIpc) is 2.79. The molecule has 0 saturated carbocycles. The van der Waals surface area contributed by atoms with Crippen molar-refractivity contribution in [2.45, 2.75) is 33.7 Å². The Morgan fingerprint density at radius 3 is 2.48 bits per heavy atom. The van der Waals surface area contributed by atoms with Crippen LogP contribution in [-0.2, 0) is 11.3 Å². The van der Waals surface area contributed by atoms with Gasteiger partial charge in [0, 0.05) is 17.8 Å². The number of hydrogen-bond acceptors (Lipinski definition) is 4. The quantitative estimate of drug-likeness (QED) is 0.858. The molecule has 0 aliphatic rings. The monoisotopic (exact) mass is 287 g/mol. The molecule has 1 aromatic carbocycles. The second kappa shape index (κ2) is 6.54. The molecule has 1 heterocycles. The highest BCUT2D eigenvalue weighted by Crippen LogP contribution is 2.18. The van der Waals surface area contributed by atoms with Crippen LogP contribution in [0.4, 0.5) is 0 Å². The summed E-state index contributed by atoms with van der Waals surface area (Å²) in [6.07, 6.45) is 0.817. The molecule has 21 heavy (non-hydrogen) atoms. The van der Waals surface area contributed by atoms with Crippen LogP contribution in [0.5, 0.6) is 0 Å². The SMILES string of the molecule is CCCOC(=O)c1ccc(-n2nc(C)c(CN)c2C)cc1. The number of nitrogens with two attached hydrogens (primary N) is 1. The van der Waals surface area contributed by atoms with E-state index in [2.05, 4.69) is 5.10 Å². The predicted molar refractivity (Wildman–Crippen MR) is 81.5 cm³/mol. The standard InChI is InChI=1S/C16H21N3O2/c1-4-9-21-16(20)13-5-7-14(8-6-13)19-12(3)15(10-17)11(2)18-19/h5-8H,4,9-10,17H2,1-3H3. The van der Waals surface area contributed by atoms with Crippen LogP contribution in [0.15, 0.2) is 24.3 Å². The normalized spacial score (nSPS) is 10.7. The van der Waals surface area contributed by atoms with Gasteiger partial charge in [-0.3, -0.25) is 0 Å². The lowest BCUT2D eigenvalue weighted by atomic mass is 10.2. The zero-order valence-corrected chi connectivity index (χ0v) is 12.7. The van der Waals surface area contributed by atoms with Gasteiger partial charge >= 0.3 is 5.97 Å². The summed E-state index contributed by atoms with van der Waals surface area (Å²) in [5.74, 6) is -0.292. The van der Waals surface area contributed by atoms with E-state index in [9.17, 15) is 4.79 Å². The van der Waals surface area contributed by atoms with E-state index in [0.717, 1.165) is 29.1 Å². The van der Waals surface area contributed by atoms with Crippen molar-refractivity contribution in [3.63, 3.8) is 0 Å². The lowest BCUT2D eigenvalue weighted by Crippen LogP contribution is -2.06. The Morgan fingerprint density at radius 1 is 1.29 bits per heavy atom. The van der Waals surface area contributed by atoms with Crippen LogP contribution >= 0.6 is 0 Å². The highest BCUT2D eigenvalue weighted by Gasteiger charge is 2.12. The van der Waals surface area contributed by atoms with Crippen LogP contribution in [0.2, 0.25) is 0 Å². The Hall–Kier alpha value is -2.14. The van der Waals surface area contributed by atoms with Crippen molar-refractivity contribution in [1.29, 1.82) is 0 Å². The summed E-state index contributed by atoms with van der Waals surface area (Å²) in [7, 11) is 0. The van der Waals surface area contributed by atoms with E-state index in [1.54, 1.807) is 12.1 Å². The van der Waals surface area contributed by atoms with Crippen LogP contribution in [0.25, 0.3) is 5.69 Å². The smallest absolute Gasteiger partial charge is 0.338 e. The van der Waals surface area contributed by atoms with Gasteiger partial charge in [-0.15, -0.1) is 0 Å². The van der Waals surface area contributed by atoms with Crippen molar-refractivity contribution in [3.8, 4) is 5.69 Å². The second-order valence-electron chi connectivity index (χ2n) is 4.95. The first-order valence-corrected chi connectivity index (χ1v) is 7.11. The molecule has 2 N–H and O–H groups in total. The van der Waals surface area contributed by atoms with E-state index in [0.29, 0.717) is 18.7 Å². The first-order valence-electron chi connectivity index (χ1n) is 7.11. The van der Waals surface area contributed by atoms with Gasteiger partial charge in [0.2, 0.25) is 0 Å². The molecule has 0 radical (unpaired) electrons. The minimum absolute atomic E-state index is 0.292. The van der Waals surface area contributed by atoms with Crippen molar-refractivity contribution in [2.75, 3.05) is 6.61 Å². The lowest BCUT2D eigenvalue weighted by Gasteiger charge is -2.07. The fourth-order valence-electron chi connectivity index (χ4n) is 2.24. The molecule has 0 bridgehead atoms. The summed E-state index contributed by atoms with van der Waals surface area (Å²) in [5, 5.41) is 4.50. The zero-order chi connectivity index (χ0) is 15.4. The molecule has 0 saturated heterocycles. The third-order valence-corrected chi connectivity index (χ3v) is 3.43. The fourth-order valence-corrected chi connectivity index (χ4v) is 2.24. The number of carbonyl (C=O) groups excluding carboxylic acids is 1. The van der Waals surface area contributed by atoms with Crippen molar-refractivity contribution < 1.29 is 9.53 Å². The molecule has 0 fully saturated rings. The molecule has 0 aliphatic heterocycles. The minimum atomic E-state index is -0.292. The number of esters is 1. The summed E-state index contributed by atoms with van der Waals surface area (Å²) in [6, 6.07) is 7.24. The molecular weight excluding hydrogens is 266 g/mol. The summed E-state index contributed by atoms with van der Waals surface area (Å²) in [4.78, 5) is 11.8. The molecule has 0 unspecified atom stereocenters. The van der Waals surface area contributed by atoms with Crippen LogP contribution in [-0.4, -0.2) is 22.4 Å². The number of hydrogen-bond donors (Lipinski definition) is 1. The van der Waals surface area contributed by atoms with E-state index >= 15 is 0 Å². The first kappa shape index (κ1) is 15.3. The molecule has 1 aromatic heterocycles. The molecule has 0 atom stereocenters. The van der Waals surface area contributed by atoms with E-state index < -0.39 is 0 Å². The zero-order valence-electron chi connectivity index (χ0n) is 12.7. The van der Waals surface area contributed by atoms with Gasteiger partial charge in [0.15, 0.2) is 0 Å². The van der Waals surface area contributed by atoms with Gasteiger partial charge in [-0.05, 0) is 44.5 Å². The molecule has 0 amide bonds. The molecular formula is C16H21N3O2. The number of nitrogens with zero attached hydrogens (tertiary/aromatic N) is 2. The Bertz CT molecular complexity index is 630.